The third-order valence-electron chi connectivity index (χ3n) is 5.67. The highest BCUT2D eigenvalue weighted by Gasteiger charge is 2.49. The molecule has 1 saturated heterocycles. The minimum atomic E-state index is -1.35. The van der Waals surface area contributed by atoms with E-state index in [1.807, 2.05) is 48.5 Å². The summed E-state index contributed by atoms with van der Waals surface area (Å²) in [6, 6.07) is 21.5. The van der Waals surface area contributed by atoms with Crippen molar-refractivity contribution in [3.63, 3.8) is 0 Å². The first-order chi connectivity index (χ1) is 16.9. The molecular weight excluding hydrogens is 466 g/mol. The van der Waals surface area contributed by atoms with Gasteiger partial charge in [-0.1, -0.05) is 48.2 Å². The third-order valence-corrected chi connectivity index (χ3v) is 6.75. The van der Waals surface area contributed by atoms with Gasteiger partial charge in [-0.05, 0) is 48.9 Å². The van der Waals surface area contributed by atoms with Crippen LogP contribution in [0, 0.1) is 0 Å². The van der Waals surface area contributed by atoms with Crippen LogP contribution in [0.3, 0.4) is 0 Å². The summed E-state index contributed by atoms with van der Waals surface area (Å²) in [5.74, 6) is -0.0835. The number of benzene rings is 3. The number of hydrogen-bond donors (Lipinski definition) is 2. The molecule has 3 aromatic rings. The normalized spacial score (nSPS) is 17.2. The Bertz CT molecular complexity index is 1270. The van der Waals surface area contributed by atoms with Crippen LogP contribution in [0.5, 0.6) is 11.5 Å². The SMILES string of the molecule is COc1ccc([C@@]2(C)NC(=O)N(CC(=O)Nc3ccccc3Sc3ccccc3)C2=O)cc1OC. The molecule has 1 aliphatic heterocycles. The topological polar surface area (TPSA) is 97.0 Å². The molecular formula is C26H25N3O5S. The molecule has 0 unspecified atom stereocenters. The first-order valence-electron chi connectivity index (χ1n) is 10.8. The van der Waals surface area contributed by atoms with Gasteiger partial charge in [-0.25, -0.2) is 4.79 Å². The van der Waals surface area contributed by atoms with Crippen molar-refractivity contribution < 1.29 is 23.9 Å². The van der Waals surface area contributed by atoms with Crippen LogP contribution >= 0.6 is 11.8 Å². The second-order valence-corrected chi connectivity index (χ2v) is 9.09. The predicted molar refractivity (Wildman–Crippen MR) is 133 cm³/mol. The van der Waals surface area contributed by atoms with E-state index < -0.39 is 29.9 Å². The van der Waals surface area contributed by atoms with Crippen LogP contribution in [0.4, 0.5) is 10.5 Å². The van der Waals surface area contributed by atoms with Gasteiger partial charge in [-0.15, -0.1) is 0 Å². The summed E-state index contributed by atoms with van der Waals surface area (Å²) in [4.78, 5) is 41.6. The first kappa shape index (κ1) is 24.2. The molecule has 2 N–H and O–H groups in total. The number of amides is 4. The average Bonchev–Trinajstić information content (AvgIpc) is 3.09. The Hall–Kier alpha value is -3.98. The van der Waals surface area contributed by atoms with Gasteiger partial charge < -0.3 is 20.1 Å². The van der Waals surface area contributed by atoms with Gasteiger partial charge in [-0.2, -0.15) is 0 Å². The first-order valence-corrected chi connectivity index (χ1v) is 11.7. The number of para-hydroxylation sites is 1. The van der Waals surface area contributed by atoms with Crippen LogP contribution in [-0.2, 0) is 15.1 Å². The Balaban J connectivity index is 1.49. The highest BCUT2D eigenvalue weighted by atomic mass is 32.2. The number of nitrogens with zero attached hydrogens (tertiary/aromatic N) is 1. The molecule has 1 heterocycles. The zero-order valence-electron chi connectivity index (χ0n) is 19.5. The molecule has 0 radical (unpaired) electrons. The number of imide groups is 1. The highest BCUT2D eigenvalue weighted by molar-refractivity contribution is 7.99. The predicted octanol–water partition coefficient (Wildman–Crippen LogP) is 4.26. The monoisotopic (exact) mass is 491 g/mol. The molecule has 0 aromatic heterocycles. The fraction of sp³-hybridized carbons (Fsp3) is 0.192. The lowest BCUT2D eigenvalue weighted by atomic mass is 9.91. The van der Waals surface area contributed by atoms with E-state index in [4.69, 9.17) is 9.47 Å². The second kappa shape index (κ2) is 10.1. The van der Waals surface area contributed by atoms with Crippen molar-refractivity contribution in [3.8, 4) is 11.5 Å². The van der Waals surface area contributed by atoms with Crippen LogP contribution in [0.2, 0.25) is 0 Å². The van der Waals surface area contributed by atoms with Gasteiger partial charge in [0.1, 0.15) is 12.1 Å². The third kappa shape index (κ3) is 4.95. The van der Waals surface area contributed by atoms with Crippen LogP contribution in [0.15, 0.2) is 82.6 Å². The number of rotatable bonds is 8. The van der Waals surface area contributed by atoms with Crippen molar-refractivity contribution in [1.29, 1.82) is 0 Å². The number of nitrogens with one attached hydrogen (secondary N) is 2. The van der Waals surface area contributed by atoms with Crippen molar-refractivity contribution in [2.75, 3.05) is 26.1 Å². The molecule has 0 bridgehead atoms. The summed E-state index contributed by atoms with van der Waals surface area (Å²) in [6.45, 7) is 1.18. The number of methoxy groups -OCH3 is 2. The number of hydrogen-bond acceptors (Lipinski definition) is 6. The summed E-state index contributed by atoms with van der Waals surface area (Å²) in [5.41, 5.74) is -0.236. The summed E-state index contributed by atoms with van der Waals surface area (Å²) in [6.07, 6.45) is 0. The Morgan fingerprint density at radius 3 is 2.37 bits per heavy atom. The van der Waals surface area contributed by atoms with Gasteiger partial charge in [-0.3, -0.25) is 14.5 Å². The molecule has 8 nitrogen and oxygen atoms in total. The van der Waals surface area contributed by atoms with E-state index in [9.17, 15) is 14.4 Å². The van der Waals surface area contributed by atoms with Gasteiger partial charge in [0.05, 0.1) is 19.9 Å². The maximum Gasteiger partial charge on any atom is 0.325 e. The zero-order chi connectivity index (χ0) is 25.0. The molecule has 4 amide bonds. The summed E-state index contributed by atoms with van der Waals surface area (Å²) < 4.78 is 10.6. The molecule has 4 rings (SSSR count). The number of anilines is 1. The van der Waals surface area contributed by atoms with E-state index in [1.165, 1.54) is 26.0 Å². The molecule has 0 saturated carbocycles. The minimum Gasteiger partial charge on any atom is -0.493 e. The van der Waals surface area contributed by atoms with Crippen LogP contribution in [0.25, 0.3) is 0 Å². The lowest BCUT2D eigenvalue weighted by Crippen LogP contribution is -2.42. The number of carbonyl (C=O) groups excluding carboxylic acids is 3. The highest BCUT2D eigenvalue weighted by Crippen LogP contribution is 2.36. The largest absolute Gasteiger partial charge is 0.493 e. The molecule has 180 valence electrons. The Morgan fingerprint density at radius 2 is 1.66 bits per heavy atom. The Kier molecular flexibility index (Phi) is 6.97. The van der Waals surface area contributed by atoms with Crippen molar-refractivity contribution in [3.05, 3.63) is 78.4 Å². The van der Waals surface area contributed by atoms with Crippen LogP contribution < -0.4 is 20.1 Å². The molecule has 1 atom stereocenters. The van der Waals surface area contributed by atoms with Crippen molar-refractivity contribution in [1.82, 2.24) is 10.2 Å². The van der Waals surface area contributed by atoms with Crippen LogP contribution in [-0.4, -0.2) is 43.5 Å². The maximum absolute atomic E-state index is 13.3. The molecule has 0 spiro atoms. The molecule has 3 aromatic carbocycles. The van der Waals surface area contributed by atoms with Gasteiger partial charge in [0.25, 0.3) is 5.91 Å². The molecule has 0 aliphatic carbocycles. The minimum absolute atomic E-state index is 0.419. The summed E-state index contributed by atoms with van der Waals surface area (Å²) >= 11 is 1.51. The van der Waals surface area contributed by atoms with E-state index in [-0.39, 0.29) is 0 Å². The standard InChI is InChI=1S/C26H25N3O5S/c1-26(17-13-14-20(33-2)21(15-17)34-3)24(31)29(25(32)28-26)16-23(30)27-19-11-7-8-12-22(19)35-18-9-5-4-6-10-18/h4-15H,16H2,1-3H3,(H,27,30)(H,28,32)/t26-/m1/s1. The molecule has 1 fully saturated rings. The van der Waals surface area contributed by atoms with Crippen molar-refractivity contribution in [2.45, 2.75) is 22.3 Å². The number of urea groups is 1. The molecule has 35 heavy (non-hydrogen) atoms. The van der Waals surface area contributed by atoms with Crippen molar-refractivity contribution in [2.24, 2.45) is 0 Å². The zero-order valence-corrected chi connectivity index (χ0v) is 20.3. The van der Waals surface area contributed by atoms with E-state index in [0.29, 0.717) is 22.7 Å². The summed E-state index contributed by atoms with van der Waals surface area (Å²) in [5, 5.41) is 5.53. The second-order valence-electron chi connectivity index (χ2n) is 7.98. The van der Waals surface area contributed by atoms with Crippen molar-refractivity contribution >= 4 is 35.3 Å². The van der Waals surface area contributed by atoms with Gasteiger partial charge >= 0.3 is 6.03 Å². The fourth-order valence-electron chi connectivity index (χ4n) is 3.79. The molecule has 1 aliphatic rings. The van der Waals surface area contributed by atoms with Crippen LogP contribution in [0.1, 0.15) is 12.5 Å². The lowest BCUT2D eigenvalue weighted by Gasteiger charge is -2.23. The smallest absolute Gasteiger partial charge is 0.325 e. The van der Waals surface area contributed by atoms with E-state index in [2.05, 4.69) is 10.6 Å². The maximum atomic E-state index is 13.3. The van der Waals surface area contributed by atoms with Gasteiger partial charge in [0, 0.05) is 9.79 Å². The molecule has 9 heteroatoms. The lowest BCUT2D eigenvalue weighted by molar-refractivity contribution is -0.133. The number of ether oxygens (including phenoxy) is 2. The number of carbonyl (C=O) groups is 3. The van der Waals surface area contributed by atoms with E-state index in [0.717, 1.165) is 14.7 Å². The average molecular weight is 492 g/mol. The summed E-state index contributed by atoms with van der Waals surface area (Å²) in [7, 11) is 3.00. The fourth-order valence-corrected chi connectivity index (χ4v) is 4.71. The van der Waals surface area contributed by atoms with E-state index >= 15 is 0 Å². The van der Waals surface area contributed by atoms with E-state index in [1.54, 1.807) is 31.2 Å². The van der Waals surface area contributed by atoms with Gasteiger partial charge in [0.15, 0.2) is 11.5 Å². The van der Waals surface area contributed by atoms with Gasteiger partial charge in [0.2, 0.25) is 5.91 Å². The quantitative estimate of drug-likeness (QED) is 0.457. The Labute approximate surface area is 207 Å². The Morgan fingerprint density at radius 1 is 0.971 bits per heavy atom.